The van der Waals surface area contributed by atoms with Gasteiger partial charge in [0.15, 0.2) is 0 Å². The van der Waals surface area contributed by atoms with Crippen molar-refractivity contribution in [3.05, 3.63) is 11.9 Å². The van der Waals surface area contributed by atoms with Crippen molar-refractivity contribution in [2.24, 2.45) is 5.73 Å². The number of ether oxygens (including phenoxy) is 1. The van der Waals surface area contributed by atoms with E-state index in [0.717, 1.165) is 30.8 Å². The van der Waals surface area contributed by atoms with Crippen molar-refractivity contribution in [2.45, 2.75) is 32.7 Å². The van der Waals surface area contributed by atoms with E-state index in [1.807, 2.05) is 6.92 Å². The zero-order valence-corrected chi connectivity index (χ0v) is 10.2. The molecule has 16 heavy (non-hydrogen) atoms. The van der Waals surface area contributed by atoms with Crippen LogP contribution in [0.5, 0.6) is 5.88 Å². The zero-order chi connectivity index (χ0) is 12.0. The van der Waals surface area contributed by atoms with E-state index in [0.29, 0.717) is 11.9 Å². The van der Waals surface area contributed by atoms with Crippen LogP contribution in [0.4, 0.5) is 5.82 Å². The maximum atomic E-state index is 5.47. The molecule has 1 unspecified atom stereocenters. The second-order valence-corrected chi connectivity index (χ2v) is 3.83. The highest BCUT2D eigenvalue weighted by atomic mass is 16.5. The van der Waals surface area contributed by atoms with Crippen LogP contribution in [0.3, 0.4) is 0 Å². The third kappa shape index (κ3) is 3.34. The molecule has 1 aromatic rings. The third-order valence-electron chi connectivity index (χ3n) is 2.46. The van der Waals surface area contributed by atoms with E-state index in [2.05, 4.69) is 22.2 Å². The molecule has 5 heteroatoms. The molecule has 0 amide bonds. The van der Waals surface area contributed by atoms with Gasteiger partial charge in [0.25, 0.3) is 0 Å². The molecule has 1 rings (SSSR count). The Morgan fingerprint density at radius 1 is 1.50 bits per heavy atom. The number of anilines is 1. The first kappa shape index (κ1) is 12.7. The van der Waals surface area contributed by atoms with Gasteiger partial charge in [-0.25, -0.2) is 9.97 Å². The van der Waals surface area contributed by atoms with E-state index in [-0.39, 0.29) is 0 Å². The lowest BCUT2D eigenvalue weighted by atomic mass is 10.2. The van der Waals surface area contributed by atoms with Crippen molar-refractivity contribution in [1.29, 1.82) is 0 Å². The number of hydrogen-bond donors (Lipinski definition) is 2. The summed E-state index contributed by atoms with van der Waals surface area (Å²) in [6.45, 7) is 4.78. The molecule has 0 saturated carbocycles. The Kier molecular flexibility index (Phi) is 4.98. The largest absolute Gasteiger partial charge is 0.481 e. The standard InChI is InChI=1S/C11H20N4O/c1-8(5-4-6-12)15-10-9(2)11(16-3)14-7-13-10/h7-8H,4-6,12H2,1-3H3,(H,13,14,15). The van der Waals surface area contributed by atoms with Gasteiger partial charge in [0, 0.05) is 6.04 Å². The molecule has 1 heterocycles. The van der Waals surface area contributed by atoms with Crippen molar-refractivity contribution in [1.82, 2.24) is 9.97 Å². The van der Waals surface area contributed by atoms with Gasteiger partial charge in [-0.15, -0.1) is 0 Å². The van der Waals surface area contributed by atoms with E-state index in [1.165, 1.54) is 6.33 Å². The van der Waals surface area contributed by atoms with Gasteiger partial charge in [-0.2, -0.15) is 0 Å². The predicted octanol–water partition coefficient (Wildman–Crippen LogP) is 1.33. The summed E-state index contributed by atoms with van der Waals surface area (Å²) in [5, 5.41) is 3.33. The van der Waals surface area contributed by atoms with Gasteiger partial charge in [-0.1, -0.05) is 0 Å². The van der Waals surface area contributed by atoms with E-state index >= 15 is 0 Å². The fourth-order valence-corrected chi connectivity index (χ4v) is 1.51. The average molecular weight is 224 g/mol. The van der Waals surface area contributed by atoms with Gasteiger partial charge in [0.05, 0.1) is 12.7 Å². The Labute approximate surface area is 96.4 Å². The van der Waals surface area contributed by atoms with Crippen LogP contribution in [0, 0.1) is 6.92 Å². The van der Waals surface area contributed by atoms with Crippen LogP contribution in [0.1, 0.15) is 25.3 Å². The maximum Gasteiger partial charge on any atom is 0.221 e. The highest BCUT2D eigenvalue weighted by Gasteiger charge is 2.09. The normalized spacial score (nSPS) is 12.2. The molecule has 0 aliphatic heterocycles. The van der Waals surface area contributed by atoms with Crippen LogP contribution in [-0.2, 0) is 0 Å². The number of nitrogens with zero attached hydrogens (tertiary/aromatic N) is 2. The average Bonchev–Trinajstić information content (AvgIpc) is 2.29. The molecular formula is C11H20N4O. The third-order valence-corrected chi connectivity index (χ3v) is 2.46. The van der Waals surface area contributed by atoms with E-state index in [4.69, 9.17) is 10.5 Å². The Morgan fingerprint density at radius 3 is 2.88 bits per heavy atom. The van der Waals surface area contributed by atoms with Crippen molar-refractivity contribution >= 4 is 5.82 Å². The van der Waals surface area contributed by atoms with Crippen LogP contribution in [0.25, 0.3) is 0 Å². The van der Waals surface area contributed by atoms with Gasteiger partial charge in [0.2, 0.25) is 5.88 Å². The molecular weight excluding hydrogens is 204 g/mol. The molecule has 3 N–H and O–H groups in total. The van der Waals surface area contributed by atoms with Crippen molar-refractivity contribution in [3.63, 3.8) is 0 Å². The minimum Gasteiger partial charge on any atom is -0.481 e. The molecule has 0 spiro atoms. The summed E-state index contributed by atoms with van der Waals surface area (Å²) in [5.74, 6) is 1.44. The van der Waals surface area contributed by atoms with E-state index < -0.39 is 0 Å². The molecule has 1 atom stereocenters. The number of nitrogens with one attached hydrogen (secondary N) is 1. The minimum absolute atomic E-state index is 0.349. The van der Waals surface area contributed by atoms with Crippen molar-refractivity contribution in [2.75, 3.05) is 19.0 Å². The van der Waals surface area contributed by atoms with Gasteiger partial charge in [0.1, 0.15) is 12.1 Å². The number of aromatic nitrogens is 2. The Hall–Kier alpha value is -1.36. The number of methoxy groups -OCH3 is 1. The maximum absolute atomic E-state index is 5.47. The molecule has 90 valence electrons. The first-order valence-corrected chi connectivity index (χ1v) is 5.51. The molecule has 0 aliphatic rings. The molecule has 0 saturated heterocycles. The van der Waals surface area contributed by atoms with E-state index in [9.17, 15) is 0 Å². The van der Waals surface area contributed by atoms with Crippen LogP contribution >= 0.6 is 0 Å². The first-order chi connectivity index (χ1) is 7.69. The van der Waals surface area contributed by atoms with Gasteiger partial charge in [-0.05, 0) is 33.2 Å². The highest BCUT2D eigenvalue weighted by Crippen LogP contribution is 2.20. The summed E-state index contributed by atoms with van der Waals surface area (Å²) < 4.78 is 5.14. The minimum atomic E-state index is 0.349. The molecule has 1 aromatic heterocycles. The molecule has 0 aromatic carbocycles. The first-order valence-electron chi connectivity index (χ1n) is 5.51. The number of rotatable bonds is 6. The summed E-state index contributed by atoms with van der Waals surface area (Å²) in [7, 11) is 1.61. The quantitative estimate of drug-likeness (QED) is 0.762. The van der Waals surface area contributed by atoms with Gasteiger partial charge < -0.3 is 15.8 Å². The molecule has 0 radical (unpaired) electrons. The topological polar surface area (TPSA) is 73.1 Å². The summed E-state index contributed by atoms with van der Waals surface area (Å²) in [6, 6.07) is 0.349. The SMILES string of the molecule is COc1ncnc(NC(C)CCCN)c1C. The molecule has 0 aliphatic carbocycles. The smallest absolute Gasteiger partial charge is 0.221 e. The van der Waals surface area contributed by atoms with Crippen molar-refractivity contribution in [3.8, 4) is 5.88 Å². The fraction of sp³-hybridized carbons (Fsp3) is 0.636. The van der Waals surface area contributed by atoms with Gasteiger partial charge in [-0.3, -0.25) is 0 Å². The number of hydrogen-bond acceptors (Lipinski definition) is 5. The van der Waals surface area contributed by atoms with Gasteiger partial charge >= 0.3 is 0 Å². The lowest BCUT2D eigenvalue weighted by molar-refractivity contribution is 0.393. The lowest BCUT2D eigenvalue weighted by Crippen LogP contribution is -2.18. The van der Waals surface area contributed by atoms with Crippen LogP contribution in [-0.4, -0.2) is 29.7 Å². The molecule has 0 fully saturated rings. The predicted molar refractivity (Wildman–Crippen MR) is 64.7 cm³/mol. The summed E-state index contributed by atoms with van der Waals surface area (Å²) in [4.78, 5) is 8.24. The van der Waals surface area contributed by atoms with Crippen LogP contribution in [0.15, 0.2) is 6.33 Å². The second kappa shape index (κ2) is 6.27. The number of nitrogens with two attached hydrogens (primary N) is 1. The lowest BCUT2D eigenvalue weighted by Gasteiger charge is -2.16. The molecule has 5 nitrogen and oxygen atoms in total. The Balaban J connectivity index is 2.66. The summed E-state index contributed by atoms with van der Waals surface area (Å²) >= 11 is 0. The highest BCUT2D eigenvalue weighted by molar-refractivity contribution is 5.48. The fourth-order valence-electron chi connectivity index (χ4n) is 1.51. The Bertz CT molecular complexity index is 330. The monoisotopic (exact) mass is 224 g/mol. The Morgan fingerprint density at radius 2 is 2.25 bits per heavy atom. The molecule has 0 bridgehead atoms. The van der Waals surface area contributed by atoms with Crippen molar-refractivity contribution < 1.29 is 4.74 Å². The van der Waals surface area contributed by atoms with Crippen LogP contribution < -0.4 is 15.8 Å². The summed E-state index contributed by atoms with van der Waals surface area (Å²) in [5.41, 5.74) is 6.41. The van der Waals surface area contributed by atoms with Crippen LogP contribution in [0.2, 0.25) is 0 Å². The summed E-state index contributed by atoms with van der Waals surface area (Å²) in [6.07, 6.45) is 3.54. The van der Waals surface area contributed by atoms with E-state index in [1.54, 1.807) is 7.11 Å². The zero-order valence-electron chi connectivity index (χ0n) is 10.2. The second-order valence-electron chi connectivity index (χ2n) is 3.83.